The maximum atomic E-state index is 12.5. The number of benzene rings is 1. The Hall–Kier alpha value is -1.56. The lowest BCUT2D eigenvalue weighted by Gasteiger charge is -2.14. The molecule has 0 amide bonds. The predicted octanol–water partition coefficient (Wildman–Crippen LogP) is 3.13. The number of alkyl halides is 3. The normalized spacial score (nSPS) is 13.3. The van der Waals surface area contributed by atoms with E-state index in [1.807, 2.05) is 6.92 Å². The van der Waals surface area contributed by atoms with Crippen LogP contribution in [0.15, 0.2) is 24.3 Å². The lowest BCUT2D eigenvalue weighted by Crippen LogP contribution is -2.26. The highest BCUT2D eigenvalue weighted by Gasteiger charge is 2.30. The Morgan fingerprint density at radius 1 is 1.42 bits per heavy atom. The first kappa shape index (κ1) is 15.5. The van der Waals surface area contributed by atoms with Gasteiger partial charge < -0.3 is 9.84 Å². The Kier molecular flexibility index (Phi) is 5.35. The fourth-order valence-electron chi connectivity index (χ4n) is 1.57. The summed E-state index contributed by atoms with van der Waals surface area (Å²) in [5.41, 5.74) is -0.497. The minimum Gasteiger partial charge on any atom is -0.479 e. The summed E-state index contributed by atoms with van der Waals surface area (Å²) in [4.78, 5) is 10.9. The van der Waals surface area contributed by atoms with E-state index in [4.69, 9.17) is 9.84 Å². The van der Waals surface area contributed by atoms with E-state index < -0.39 is 23.8 Å². The molecule has 1 N–H and O–H groups in total. The molecule has 0 aliphatic heterocycles. The Morgan fingerprint density at radius 2 is 2.11 bits per heavy atom. The van der Waals surface area contributed by atoms with E-state index in [9.17, 15) is 18.0 Å². The molecule has 0 bridgehead atoms. The number of ether oxygens (including phenoxy) is 1. The second-order valence-corrected chi connectivity index (χ2v) is 4.10. The predicted molar refractivity (Wildman–Crippen MR) is 62.8 cm³/mol. The van der Waals surface area contributed by atoms with Crippen molar-refractivity contribution in [2.75, 3.05) is 6.61 Å². The van der Waals surface area contributed by atoms with Crippen molar-refractivity contribution in [1.29, 1.82) is 0 Å². The summed E-state index contributed by atoms with van der Waals surface area (Å²) in [5.74, 6) is -1.18. The van der Waals surface area contributed by atoms with Crippen LogP contribution in [0.5, 0.6) is 0 Å². The van der Waals surface area contributed by atoms with Crippen LogP contribution >= 0.6 is 0 Å². The third-order valence-electron chi connectivity index (χ3n) is 2.47. The number of rotatable bonds is 6. The third kappa shape index (κ3) is 4.90. The van der Waals surface area contributed by atoms with Crippen molar-refractivity contribution in [3.8, 4) is 0 Å². The molecule has 1 rings (SSSR count). The van der Waals surface area contributed by atoms with Gasteiger partial charge in [-0.2, -0.15) is 13.2 Å². The summed E-state index contributed by atoms with van der Waals surface area (Å²) in [6, 6.07) is 4.62. The highest BCUT2D eigenvalue weighted by atomic mass is 19.4. The van der Waals surface area contributed by atoms with Gasteiger partial charge in [0.1, 0.15) is 0 Å². The zero-order valence-corrected chi connectivity index (χ0v) is 10.4. The van der Waals surface area contributed by atoms with E-state index >= 15 is 0 Å². The maximum Gasteiger partial charge on any atom is 0.416 e. The largest absolute Gasteiger partial charge is 0.479 e. The van der Waals surface area contributed by atoms with Gasteiger partial charge in [0.05, 0.1) is 5.56 Å². The molecule has 0 aliphatic carbocycles. The average molecular weight is 276 g/mol. The molecule has 0 heterocycles. The molecule has 0 aromatic heterocycles. The van der Waals surface area contributed by atoms with Gasteiger partial charge in [0.2, 0.25) is 0 Å². The number of carboxylic acid groups (broad SMARTS) is 1. The number of aliphatic carboxylic acids is 1. The Labute approximate surface area is 109 Å². The first-order valence-electron chi connectivity index (χ1n) is 5.85. The minimum absolute atomic E-state index is 0.0841. The molecule has 1 atom stereocenters. The first-order chi connectivity index (χ1) is 8.84. The van der Waals surface area contributed by atoms with Crippen LogP contribution in [0.25, 0.3) is 0 Å². The van der Waals surface area contributed by atoms with Crippen LogP contribution in [-0.2, 0) is 22.1 Å². The zero-order chi connectivity index (χ0) is 14.5. The number of hydrogen-bond acceptors (Lipinski definition) is 2. The summed E-state index contributed by atoms with van der Waals surface area (Å²) in [6.45, 7) is 2.08. The van der Waals surface area contributed by atoms with E-state index in [0.717, 1.165) is 12.1 Å². The molecule has 19 heavy (non-hydrogen) atoms. The molecule has 3 nitrogen and oxygen atoms in total. The number of carbonyl (C=O) groups is 1. The molecule has 106 valence electrons. The first-order valence-corrected chi connectivity index (χ1v) is 5.85. The summed E-state index contributed by atoms with van der Waals surface area (Å²) in [5, 5.41) is 8.94. The van der Waals surface area contributed by atoms with Gasteiger partial charge in [0.25, 0.3) is 0 Å². The van der Waals surface area contributed by atoms with Gasteiger partial charge in [-0.05, 0) is 18.1 Å². The second-order valence-electron chi connectivity index (χ2n) is 4.10. The standard InChI is InChI=1S/C13H15F3O3/c1-2-6-19-11(12(17)18)8-9-4-3-5-10(7-9)13(14,15)16/h3-5,7,11H,2,6,8H2,1H3,(H,17,18)/t11-/m1/s1. The van der Waals surface area contributed by atoms with Gasteiger partial charge >= 0.3 is 12.1 Å². The lowest BCUT2D eigenvalue weighted by molar-refractivity contribution is -0.150. The maximum absolute atomic E-state index is 12.5. The van der Waals surface area contributed by atoms with Crippen LogP contribution in [0.2, 0.25) is 0 Å². The van der Waals surface area contributed by atoms with Gasteiger partial charge in [-0.3, -0.25) is 0 Å². The third-order valence-corrected chi connectivity index (χ3v) is 2.47. The molecular weight excluding hydrogens is 261 g/mol. The van der Waals surface area contributed by atoms with Crippen molar-refractivity contribution < 1.29 is 27.8 Å². The summed E-state index contributed by atoms with van der Waals surface area (Å²) in [7, 11) is 0. The van der Waals surface area contributed by atoms with Crippen LogP contribution in [0.1, 0.15) is 24.5 Å². The highest BCUT2D eigenvalue weighted by Crippen LogP contribution is 2.29. The molecular formula is C13H15F3O3. The average Bonchev–Trinajstić information content (AvgIpc) is 2.33. The van der Waals surface area contributed by atoms with Gasteiger partial charge in [-0.15, -0.1) is 0 Å². The van der Waals surface area contributed by atoms with Gasteiger partial charge in [0, 0.05) is 13.0 Å². The Balaban J connectivity index is 2.82. The van der Waals surface area contributed by atoms with Crippen molar-refractivity contribution in [2.24, 2.45) is 0 Å². The molecule has 1 aromatic rings. The van der Waals surface area contributed by atoms with Gasteiger partial charge in [0.15, 0.2) is 6.10 Å². The number of hydrogen-bond donors (Lipinski definition) is 1. The van der Waals surface area contributed by atoms with Crippen LogP contribution in [0, 0.1) is 0 Å². The zero-order valence-electron chi connectivity index (χ0n) is 10.4. The van der Waals surface area contributed by atoms with Crippen molar-refractivity contribution in [3.63, 3.8) is 0 Å². The SMILES string of the molecule is CCCO[C@H](Cc1cccc(C(F)(F)F)c1)C(=O)O. The molecule has 0 saturated heterocycles. The van der Waals surface area contributed by atoms with E-state index in [1.165, 1.54) is 12.1 Å². The van der Waals surface area contributed by atoms with Gasteiger partial charge in [-0.25, -0.2) is 4.79 Å². The fourth-order valence-corrected chi connectivity index (χ4v) is 1.57. The van der Waals surface area contributed by atoms with Crippen LogP contribution in [0.3, 0.4) is 0 Å². The van der Waals surface area contributed by atoms with Crippen LogP contribution in [0.4, 0.5) is 13.2 Å². The molecule has 0 spiro atoms. The molecule has 0 aliphatic rings. The Bertz CT molecular complexity index is 429. The smallest absolute Gasteiger partial charge is 0.416 e. The van der Waals surface area contributed by atoms with Crippen molar-refractivity contribution >= 4 is 5.97 Å². The van der Waals surface area contributed by atoms with Crippen molar-refractivity contribution in [3.05, 3.63) is 35.4 Å². The molecule has 0 saturated carbocycles. The number of carboxylic acids is 1. The van der Waals surface area contributed by atoms with E-state index in [2.05, 4.69) is 0 Å². The van der Waals surface area contributed by atoms with Crippen molar-refractivity contribution in [1.82, 2.24) is 0 Å². The highest BCUT2D eigenvalue weighted by molar-refractivity contribution is 5.72. The van der Waals surface area contributed by atoms with E-state index in [-0.39, 0.29) is 13.0 Å². The van der Waals surface area contributed by atoms with Gasteiger partial charge in [-0.1, -0.05) is 25.1 Å². The second kappa shape index (κ2) is 6.56. The molecule has 0 unspecified atom stereocenters. The monoisotopic (exact) mass is 276 g/mol. The van der Waals surface area contributed by atoms with Crippen molar-refractivity contribution in [2.45, 2.75) is 32.0 Å². The fraction of sp³-hybridized carbons (Fsp3) is 0.462. The van der Waals surface area contributed by atoms with Crippen LogP contribution < -0.4 is 0 Å². The summed E-state index contributed by atoms with van der Waals surface area (Å²) >= 11 is 0. The Morgan fingerprint density at radius 3 is 2.63 bits per heavy atom. The summed E-state index contributed by atoms with van der Waals surface area (Å²) in [6.07, 6.45) is -4.99. The van der Waals surface area contributed by atoms with E-state index in [1.54, 1.807) is 0 Å². The molecule has 0 fully saturated rings. The molecule has 6 heteroatoms. The topological polar surface area (TPSA) is 46.5 Å². The molecule has 0 radical (unpaired) electrons. The quantitative estimate of drug-likeness (QED) is 0.868. The lowest BCUT2D eigenvalue weighted by atomic mass is 10.0. The number of halogens is 3. The van der Waals surface area contributed by atoms with E-state index in [0.29, 0.717) is 12.0 Å². The van der Waals surface area contributed by atoms with Crippen LogP contribution in [-0.4, -0.2) is 23.8 Å². The minimum atomic E-state index is -4.43. The summed E-state index contributed by atoms with van der Waals surface area (Å²) < 4.78 is 42.7. The molecule has 1 aromatic carbocycles.